The maximum Gasteiger partial charge on any atom is 0.267 e. The van der Waals surface area contributed by atoms with Gasteiger partial charge in [0.25, 0.3) is 11.5 Å². The summed E-state index contributed by atoms with van der Waals surface area (Å²) in [6.07, 6.45) is 12.3. The molecular weight excluding hydrogens is 440 g/mol. The van der Waals surface area contributed by atoms with Crippen molar-refractivity contribution in [2.75, 3.05) is 11.9 Å². The second-order valence-corrected chi connectivity index (χ2v) is 10.3. The van der Waals surface area contributed by atoms with Crippen LogP contribution >= 0.6 is 24.0 Å². The average molecular weight is 471 g/mol. The number of aryl methyl sites for hydroxylation is 1. The van der Waals surface area contributed by atoms with E-state index in [0.29, 0.717) is 38.8 Å². The molecule has 1 saturated carbocycles. The Hall–Kier alpha value is -2.19. The highest BCUT2D eigenvalue weighted by molar-refractivity contribution is 8.26. The number of anilines is 1. The van der Waals surface area contributed by atoms with Crippen molar-refractivity contribution in [2.24, 2.45) is 0 Å². The molecule has 2 fully saturated rings. The number of pyridine rings is 1. The Labute approximate surface area is 198 Å². The highest BCUT2D eigenvalue weighted by atomic mass is 32.2. The number of thioether (sulfide) groups is 1. The molecule has 1 aliphatic heterocycles. The SMILES string of the molecule is CCCCCN1C(=O)/C(=C\c2c(NC3CCCCC3)nc3ccc(C)cn3c2=O)SC1=S. The molecule has 4 rings (SSSR count). The third kappa shape index (κ3) is 4.91. The number of fused-ring (bicyclic) bond motifs is 1. The first kappa shape index (κ1) is 23.0. The van der Waals surface area contributed by atoms with Gasteiger partial charge in [0, 0.05) is 18.8 Å². The Morgan fingerprint density at radius 3 is 2.75 bits per heavy atom. The molecule has 0 bridgehead atoms. The topological polar surface area (TPSA) is 66.7 Å². The van der Waals surface area contributed by atoms with Crippen molar-refractivity contribution >= 4 is 51.7 Å². The predicted molar refractivity (Wildman–Crippen MR) is 136 cm³/mol. The Balaban J connectivity index is 1.73. The van der Waals surface area contributed by atoms with E-state index < -0.39 is 0 Å². The Morgan fingerprint density at radius 2 is 2.00 bits per heavy atom. The normalized spacial score (nSPS) is 18.8. The number of unbranched alkanes of at least 4 members (excludes halogenated alkanes) is 2. The molecule has 32 heavy (non-hydrogen) atoms. The molecule has 0 spiro atoms. The van der Waals surface area contributed by atoms with Crippen molar-refractivity contribution in [2.45, 2.75) is 71.3 Å². The van der Waals surface area contributed by atoms with Gasteiger partial charge in [0.1, 0.15) is 15.8 Å². The first-order chi connectivity index (χ1) is 15.5. The van der Waals surface area contributed by atoms with Gasteiger partial charge < -0.3 is 5.32 Å². The van der Waals surface area contributed by atoms with Gasteiger partial charge in [-0.25, -0.2) is 4.98 Å². The monoisotopic (exact) mass is 470 g/mol. The van der Waals surface area contributed by atoms with E-state index >= 15 is 0 Å². The molecule has 1 saturated heterocycles. The van der Waals surface area contributed by atoms with Crippen molar-refractivity contribution in [1.82, 2.24) is 14.3 Å². The standard InChI is InChI=1S/C24H30N4O2S2/c1-3-4-8-13-27-23(30)19(32-24(27)31)14-18-21(25-17-9-6-5-7-10-17)26-20-12-11-16(2)15-28(20)22(18)29/h11-12,14-15,17,25H,3-10,13H2,1-2H3/b19-14+. The van der Waals surface area contributed by atoms with Crippen molar-refractivity contribution in [1.29, 1.82) is 0 Å². The van der Waals surface area contributed by atoms with Crippen LogP contribution in [0.5, 0.6) is 0 Å². The maximum absolute atomic E-state index is 13.5. The summed E-state index contributed by atoms with van der Waals surface area (Å²) in [5.74, 6) is 0.440. The number of thiocarbonyl (C=S) groups is 1. The van der Waals surface area contributed by atoms with Crippen LogP contribution in [-0.2, 0) is 4.79 Å². The van der Waals surface area contributed by atoms with Crippen molar-refractivity contribution in [3.8, 4) is 0 Å². The lowest BCUT2D eigenvalue weighted by molar-refractivity contribution is -0.122. The fraction of sp³-hybridized carbons (Fsp3) is 0.500. The van der Waals surface area contributed by atoms with Gasteiger partial charge in [-0.1, -0.05) is 69.1 Å². The van der Waals surface area contributed by atoms with E-state index in [2.05, 4.69) is 12.2 Å². The molecule has 1 aliphatic carbocycles. The van der Waals surface area contributed by atoms with Gasteiger partial charge >= 0.3 is 0 Å². The quantitative estimate of drug-likeness (QED) is 0.343. The lowest BCUT2D eigenvalue weighted by Gasteiger charge is -2.24. The first-order valence-corrected chi connectivity index (χ1v) is 12.8. The van der Waals surface area contributed by atoms with Crippen LogP contribution in [0.1, 0.15) is 69.4 Å². The molecule has 3 heterocycles. The molecule has 2 aliphatic rings. The van der Waals surface area contributed by atoms with Gasteiger partial charge in [0.15, 0.2) is 0 Å². The van der Waals surface area contributed by atoms with Crippen LogP contribution in [0.3, 0.4) is 0 Å². The van der Waals surface area contributed by atoms with E-state index in [4.69, 9.17) is 17.2 Å². The zero-order valence-corrected chi connectivity index (χ0v) is 20.4. The van der Waals surface area contributed by atoms with Crippen LogP contribution in [-0.4, -0.2) is 37.1 Å². The molecule has 170 valence electrons. The number of aromatic nitrogens is 2. The summed E-state index contributed by atoms with van der Waals surface area (Å²) in [6.45, 7) is 4.70. The molecule has 1 amide bonds. The Morgan fingerprint density at radius 1 is 1.22 bits per heavy atom. The summed E-state index contributed by atoms with van der Waals surface area (Å²) < 4.78 is 2.12. The molecule has 2 aromatic heterocycles. The minimum Gasteiger partial charge on any atom is -0.367 e. The smallest absolute Gasteiger partial charge is 0.267 e. The van der Waals surface area contributed by atoms with Crippen molar-refractivity contribution in [3.05, 3.63) is 44.7 Å². The number of hydrogen-bond acceptors (Lipinski definition) is 6. The number of amides is 1. The van der Waals surface area contributed by atoms with Gasteiger partial charge in [-0.15, -0.1) is 0 Å². The van der Waals surface area contributed by atoms with E-state index in [1.807, 2.05) is 19.1 Å². The summed E-state index contributed by atoms with van der Waals surface area (Å²) >= 11 is 6.74. The lowest BCUT2D eigenvalue weighted by Crippen LogP contribution is -2.29. The fourth-order valence-electron chi connectivity index (χ4n) is 4.28. The minimum atomic E-state index is -0.173. The zero-order chi connectivity index (χ0) is 22.7. The first-order valence-electron chi connectivity index (χ1n) is 11.5. The van der Waals surface area contributed by atoms with Gasteiger partial charge in [0.05, 0.1) is 10.5 Å². The number of nitrogens with zero attached hydrogens (tertiary/aromatic N) is 3. The highest BCUT2D eigenvalue weighted by Gasteiger charge is 2.32. The van der Waals surface area contributed by atoms with E-state index in [-0.39, 0.29) is 11.5 Å². The summed E-state index contributed by atoms with van der Waals surface area (Å²) in [5, 5.41) is 3.51. The molecule has 0 aromatic carbocycles. The van der Waals surface area contributed by atoms with Crippen molar-refractivity contribution < 1.29 is 4.79 Å². The molecule has 8 heteroatoms. The van der Waals surface area contributed by atoms with E-state index in [1.54, 1.807) is 21.6 Å². The fourth-order valence-corrected chi connectivity index (χ4v) is 5.57. The Kier molecular flexibility index (Phi) is 7.30. The van der Waals surface area contributed by atoms with Gasteiger partial charge in [-0.2, -0.15) is 0 Å². The molecule has 0 radical (unpaired) electrons. The van der Waals surface area contributed by atoms with Crippen LogP contribution in [0.15, 0.2) is 28.0 Å². The zero-order valence-electron chi connectivity index (χ0n) is 18.7. The minimum absolute atomic E-state index is 0.117. The maximum atomic E-state index is 13.5. The molecule has 1 N–H and O–H groups in total. The summed E-state index contributed by atoms with van der Waals surface area (Å²) in [7, 11) is 0. The molecular formula is C24H30N4O2S2. The second-order valence-electron chi connectivity index (χ2n) is 8.63. The number of hydrogen-bond donors (Lipinski definition) is 1. The van der Waals surface area contributed by atoms with E-state index in [0.717, 1.165) is 37.7 Å². The van der Waals surface area contributed by atoms with Gasteiger partial charge in [-0.3, -0.25) is 18.9 Å². The molecule has 2 aromatic rings. The van der Waals surface area contributed by atoms with E-state index in [9.17, 15) is 9.59 Å². The van der Waals surface area contributed by atoms with E-state index in [1.165, 1.54) is 31.0 Å². The number of carbonyl (C=O) groups is 1. The highest BCUT2D eigenvalue weighted by Crippen LogP contribution is 2.33. The number of rotatable bonds is 7. The summed E-state index contributed by atoms with van der Waals surface area (Å²) in [6, 6.07) is 4.10. The van der Waals surface area contributed by atoms with Crippen LogP contribution in [0, 0.1) is 6.92 Å². The lowest BCUT2D eigenvalue weighted by atomic mass is 9.95. The van der Waals surface area contributed by atoms with Crippen LogP contribution in [0.2, 0.25) is 0 Å². The second kappa shape index (κ2) is 10.2. The van der Waals surface area contributed by atoms with Crippen LogP contribution < -0.4 is 10.9 Å². The Bertz CT molecular complexity index is 1120. The third-order valence-electron chi connectivity index (χ3n) is 6.09. The van der Waals surface area contributed by atoms with Crippen LogP contribution in [0.25, 0.3) is 11.7 Å². The summed E-state index contributed by atoms with van der Waals surface area (Å²) in [4.78, 5) is 33.5. The number of carbonyl (C=O) groups excluding carboxylic acids is 1. The average Bonchev–Trinajstić information content (AvgIpc) is 3.05. The largest absolute Gasteiger partial charge is 0.367 e. The predicted octanol–water partition coefficient (Wildman–Crippen LogP) is 5.14. The van der Waals surface area contributed by atoms with Gasteiger partial charge in [-0.05, 0) is 43.9 Å². The molecule has 0 atom stereocenters. The summed E-state index contributed by atoms with van der Waals surface area (Å²) in [5.41, 5.74) is 1.83. The molecule has 6 nitrogen and oxygen atoms in total. The van der Waals surface area contributed by atoms with Crippen LogP contribution in [0.4, 0.5) is 5.82 Å². The molecule has 0 unspecified atom stereocenters. The third-order valence-corrected chi connectivity index (χ3v) is 7.46. The number of nitrogens with one attached hydrogen (secondary N) is 1. The van der Waals surface area contributed by atoms with Crippen molar-refractivity contribution in [3.63, 3.8) is 0 Å². The van der Waals surface area contributed by atoms with Gasteiger partial charge in [0.2, 0.25) is 0 Å².